The van der Waals surface area contributed by atoms with Gasteiger partial charge >= 0.3 is 0 Å². The molecule has 0 spiro atoms. The molecule has 1 aliphatic heterocycles. The molecule has 3 rings (SSSR count). The number of aromatic nitrogens is 2. The minimum atomic E-state index is -3.52. The fourth-order valence-corrected chi connectivity index (χ4v) is 4.79. The summed E-state index contributed by atoms with van der Waals surface area (Å²) in [5, 5.41) is 0. The summed E-state index contributed by atoms with van der Waals surface area (Å²) < 4.78 is 35.2. The number of benzene rings is 1. The smallest absolute Gasteiger partial charge is 0.245 e. The van der Waals surface area contributed by atoms with Crippen molar-refractivity contribution in [3.63, 3.8) is 0 Å². The molecule has 21 heavy (non-hydrogen) atoms. The maximum atomic E-state index is 12.7. The van der Waals surface area contributed by atoms with Gasteiger partial charge in [-0.1, -0.05) is 6.07 Å². The Hall–Kier alpha value is -0.800. The highest BCUT2D eigenvalue weighted by Gasteiger charge is 2.35. The number of nitrogens with zero attached hydrogens (tertiary/aromatic N) is 3. The third-order valence-electron chi connectivity index (χ3n) is 3.80. The molecule has 2 heterocycles. The molecule has 0 saturated carbocycles. The van der Waals surface area contributed by atoms with Crippen molar-refractivity contribution in [2.75, 3.05) is 13.1 Å². The zero-order chi connectivity index (χ0) is 14.3. The highest BCUT2D eigenvalue weighted by molar-refractivity contribution is 7.89. The van der Waals surface area contributed by atoms with E-state index in [-0.39, 0.29) is 29.3 Å². The summed E-state index contributed by atoms with van der Waals surface area (Å²) in [7, 11) is -3.52. The summed E-state index contributed by atoms with van der Waals surface area (Å²) in [5.74, 6) is 0.220. The lowest BCUT2D eigenvalue weighted by Crippen LogP contribution is -2.33. The molecule has 2 atom stereocenters. The molecule has 116 valence electrons. The van der Waals surface area contributed by atoms with E-state index in [0.29, 0.717) is 24.1 Å². The Balaban J connectivity index is 0.00000161. The van der Waals surface area contributed by atoms with Crippen molar-refractivity contribution in [3.05, 3.63) is 18.2 Å². The van der Waals surface area contributed by atoms with Gasteiger partial charge in [-0.3, -0.25) is 0 Å². The molecule has 0 amide bonds. The summed E-state index contributed by atoms with van der Waals surface area (Å²) in [5.41, 5.74) is 6.96. The molecule has 0 radical (unpaired) electrons. The van der Waals surface area contributed by atoms with Crippen LogP contribution in [0.25, 0.3) is 11.0 Å². The monoisotopic (exact) mass is 348 g/mol. The first-order valence-corrected chi connectivity index (χ1v) is 8.64. The first kappa shape index (κ1) is 16.6. The molecule has 6 nitrogen and oxygen atoms in total. The molecule has 1 aliphatic rings. The molecular formula is C12H17ClN4O2S2. The second-order valence-electron chi connectivity index (χ2n) is 5.16. The van der Waals surface area contributed by atoms with Crippen LogP contribution in [-0.2, 0) is 10.0 Å². The Bertz CT molecular complexity index is 732. The van der Waals surface area contributed by atoms with Crippen molar-refractivity contribution >= 4 is 45.2 Å². The molecule has 1 saturated heterocycles. The van der Waals surface area contributed by atoms with Crippen LogP contribution in [0.4, 0.5) is 0 Å². The summed E-state index contributed by atoms with van der Waals surface area (Å²) in [6.07, 6.45) is 0.808. The maximum absolute atomic E-state index is 12.7. The zero-order valence-electron chi connectivity index (χ0n) is 11.5. The fraction of sp³-hybridized carbons (Fsp3) is 0.500. The van der Waals surface area contributed by atoms with Crippen molar-refractivity contribution in [2.24, 2.45) is 11.7 Å². The van der Waals surface area contributed by atoms with E-state index in [2.05, 4.69) is 8.75 Å². The number of fused-ring (bicyclic) bond motifs is 1. The summed E-state index contributed by atoms with van der Waals surface area (Å²) in [4.78, 5) is 0.245. The van der Waals surface area contributed by atoms with Crippen LogP contribution in [0.1, 0.15) is 13.3 Å². The van der Waals surface area contributed by atoms with Crippen molar-refractivity contribution in [3.8, 4) is 0 Å². The predicted octanol–water partition coefficient (Wildman–Crippen LogP) is 1.47. The Kier molecular flexibility index (Phi) is 4.84. The lowest BCUT2D eigenvalue weighted by molar-refractivity contribution is 0.429. The van der Waals surface area contributed by atoms with Gasteiger partial charge in [0, 0.05) is 19.1 Å². The standard InChI is InChI=1S/C12H16N4O2S2.ClH/c1-8(13)9-5-6-16(7-9)20(17,18)11-4-2-3-10-12(11)15-19-14-10;/h2-4,8-9H,5-7,13H2,1H3;1H. The summed E-state index contributed by atoms with van der Waals surface area (Å²) in [6.45, 7) is 2.92. The van der Waals surface area contributed by atoms with Crippen LogP contribution in [0.5, 0.6) is 0 Å². The quantitative estimate of drug-likeness (QED) is 0.907. The summed E-state index contributed by atoms with van der Waals surface area (Å²) >= 11 is 1.03. The highest BCUT2D eigenvalue weighted by Crippen LogP contribution is 2.29. The first-order valence-electron chi connectivity index (χ1n) is 6.47. The third-order valence-corrected chi connectivity index (χ3v) is 6.24. The van der Waals surface area contributed by atoms with Gasteiger partial charge in [0.1, 0.15) is 15.9 Å². The number of hydrogen-bond donors (Lipinski definition) is 1. The van der Waals surface area contributed by atoms with E-state index in [1.807, 2.05) is 6.92 Å². The van der Waals surface area contributed by atoms with Gasteiger partial charge in [-0.25, -0.2) is 8.42 Å². The lowest BCUT2D eigenvalue weighted by Gasteiger charge is -2.18. The van der Waals surface area contributed by atoms with Gasteiger partial charge in [-0.2, -0.15) is 13.1 Å². The van der Waals surface area contributed by atoms with Crippen molar-refractivity contribution in [1.29, 1.82) is 0 Å². The number of rotatable bonds is 3. The van der Waals surface area contributed by atoms with Gasteiger partial charge in [-0.15, -0.1) is 12.4 Å². The largest absolute Gasteiger partial charge is 0.328 e. The van der Waals surface area contributed by atoms with Gasteiger partial charge in [0.2, 0.25) is 10.0 Å². The van der Waals surface area contributed by atoms with Gasteiger partial charge in [-0.05, 0) is 31.4 Å². The van der Waals surface area contributed by atoms with Gasteiger partial charge in [0.25, 0.3) is 0 Å². The Morgan fingerprint density at radius 3 is 2.86 bits per heavy atom. The van der Waals surface area contributed by atoms with E-state index in [9.17, 15) is 8.42 Å². The Morgan fingerprint density at radius 2 is 2.19 bits per heavy atom. The number of sulfonamides is 1. The molecule has 0 bridgehead atoms. The number of nitrogens with two attached hydrogens (primary N) is 1. The van der Waals surface area contributed by atoms with Crippen LogP contribution >= 0.6 is 24.1 Å². The molecule has 2 unspecified atom stereocenters. The van der Waals surface area contributed by atoms with Gasteiger partial charge < -0.3 is 5.73 Å². The Morgan fingerprint density at radius 1 is 1.43 bits per heavy atom. The minimum Gasteiger partial charge on any atom is -0.328 e. The van der Waals surface area contributed by atoms with Crippen LogP contribution in [0.2, 0.25) is 0 Å². The molecule has 2 N–H and O–H groups in total. The zero-order valence-corrected chi connectivity index (χ0v) is 13.9. The van der Waals surface area contributed by atoms with E-state index in [1.165, 1.54) is 4.31 Å². The third kappa shape index (κ3) is 2.91. The fourth-order valence-electron chi connectivity index (χ4n) is 2.53. The van der Waals surface area contributed by atoms with Crippen LogP contribution in [0.15, 0.2) is 23.1 Å². The van der Waals surface area contributed by atoms with Crippen LogP contribution in [-0.4, -0.2) is 40.6 Å². The van der Waals surface area contributed by atoms with Gasteiger partial charge in [0.15, 0.2) is 0 Å². The molecule has 1 aromatic carbocycles. The van der Waals surface area contributed by atoms with Gasteiger partial charge in [0.05, 0.1) is 11.7 Å². The number of hydrogen-bond acceptors (Lipinski definition) is 6. The average molecular weight is 349 g/mol. The first-order chi connectivity index (χ1) is 9.50. The van der Waals surface area contributed by atoms with Crippen LogP contribution in [0.3, 0.4) is 0 Å². The molecule has 1 fully saturated rings. The average Bonchev–Trinajstić information content (AvgIpc) is 3.07. The molecular weight excluding hydrogens is 332 g/mol. The topological polar surface area (TPSA) is 89.2 Å². The second kappa shape index (κ2) is 6.13. The van der Waals surface area contributed by atoms with E-state index in [0.717, 1.165) is 18.1 Å². The van der Waals surface area contributed by atoms with Crippen molar-refractivity contribution in [1.82, 2.24) is 13.1 Å². The van der Waals surface area contributed by atoms with Crippen LogP contribution < -0.4 is 5.73 Å². The van der Waals surface area contributed by atoms with E-state index < -0.39 is 10.0 Å². The van der Waals surface area contributed by atoms with Crippen LogP contribution in [0, 0.1) is 5.92 Å². The van der Waals surface area contributed by atoms with Crippen molar-refractivity contribution in [2.45, 2.75) is 24.3 Å². The Labute approximate surface area is 134 Å². The normalized spacial score (nSPS) is 21.3. The van der Waals surface area contributed by atoms with E-state index in [1.54, 1.807) is 18.2 Å². The lowest BCUT2D eigenvalue weighted by atomic mass is 10.0. The second-order valence-corrected chi connectivity index (χ2v) is 7.59. The predicted molar refractivity (Wildman–Crippen MR) is 85.2 cm³/mol. The summed E-state index contributed by atoms with van der Waals surface area (Å²) in [6, 6.07) is 5.08. The number of halogens is 1. The minimum absolute atomic E-state index is 0. The van der Waals surface area contributed by atoms with Crippen molar-refractivity contribution < 1.29 is 8.42 Å². The van der Waals surface area contributed by atoms with E-state index >= 15 is 0 Å². The highest BCUT2D eigenvalue weighted by atomic mass is 35.5. The van der Waals surface area contributed by atoms with E-state index in [4.69, 9.17) is 5.73 Å². The SMILES string of the molecule is CC(N)C1CCN(S(=O)(=O)c2cccc3nsnc23)C1.Cl. The molecule has 0 aliphatic carbocycles. The molecule has 2 aromatic rings. The molecule has 9 heteroatoms. The maximum Gasteiger partial charge on any atom is 0.245 e. The molecule has 1 aromatic heterocycles.